The Labute approximate surface area is 161 Å². The van der Waals surface area contributed by atoms with Crippen LogP contribution in [0.1, 0.15) is 30.5 Å². The van der Waals surface area contributed by atoms with Crippen molar-refractivity contribution < 1.29 is 13.3 Å². The Kier molecular flexibility index (Phi) is 4.37. The number of piperidine rings is 1. The molecule has 1 unspecified atom stereocenters. The smallest absolute Gasteiger partial charge is 0.241 e. The van der Waals surface area contributed by atoms with E-state index in [1.165, 1.54) is 12.1 Å². The fourth-order valence-corrected chi connectivity index (χ4v) is 3.69. The van der Waals surface area contributed by atoms with Gasteiger partial charge in [0.05, 0.1) is 6.54 Å². The van der Waals surface area contributed by atoms with Crippen molar-refractivity contribution in [1.29, 1.82) is 0 Å². The van der Waals surface area contributed by atoms with Gasteiger partial charge in [-0.05, 0) is 55.8 Å². The number of likely N-dealkylation sites (tertiary alicyclic amines) is 1. The first-order valence-electron chi connectivity index (χ1n) is 9.41. The summed E-state index contributed by atoms with van der Waals surface area (Å²) < 4.78 is 24.4. The maximum Gasteiger partial charge on any atom is 0.241 e. The third kappa shape index (κ3) is 3.41. The molecule has 2 aromatic heterocycles. The molecule has 2 aromatic carbocycles. The highest BCUT2D eigenvalue weighted by Crippen LogP contribution is 2.29. The van der Waals surface area contributed by atoms with Crippen molar-refractivity contribution in [2.45, 2.75) is 25.3 Å². The van der Waals surface area contributed by atoms with Gasteiger partial charge in [-0.1, -0.05) is 17.3 Å². The molecular formula is C21H19FN4O2. The van der Waals surface area contributed by atoms with Crippen molar-refractivity contribution in [2.75, 3.05) is 13.1 Å². The molecule has 5 rings (SSSR count). The van der Waals surface area contributed by atoms with E-state index in [0.717, 1.165) is 48.5 Å². The van der Waals surface area contributed by atoms with E-state index in [2.05, 4.69) is 20.0 Å². The lowest BCUT2D eigenvalue weighted by Gasteiger charge is -2.29. The van der Waals surface area contributed by atoms with Gasteiger partial charge >= 0.3 is 0 Å². The fourth-order valence-electron chi connectivity index (χ4n) is 3.69. The van der Waals surface area contributed by atoms with Crippen LogP contribution in [-0.4, -0.2) is 33.1 Å². The molecule has 0 radical (unpaired) electrons. The normalized spacial score (nSPS) is 18.0. The van der Waals surface area contributed by atoms with E-state index >= 15 is 0 Å². The van der Waals surface area contributed by atoms with Crippen LogP contribution in [0, 0.1) is 5.82 Å². The second kappa shape index (κ2) is 7.16. The summed E-state index contributed by atoms with van der Waals surface area (Å²) in [5.41, 5.74) is 2.46. The minimum absolute atomic E-state index is 0.251. The average Bonchev–Trinajstić information content (AvgIpc) is 3.36. The van der Waals surface area contributed by atoms with Gasteiger partial charge in [0, 0.05) is 18.0 Å². The van der Waals surface area contributed by atoms with E-state index in [9.17, 15) is 4.39 Å². The average molecular weight is 378 g/mol. The summed E-state index contributed by atoms with van der Waals surface area (Å²) in [7, 11) is 0. The number of hydrogen-bond donors (Lipinski definition) is 0. The van der Waals surface area contributed by atoms with E-state index in [0.29, 0.717) is 18.3 Å². The summed E-state index contributed by atoms with van der Waals surface area (Å²) in [5, 5.41) is 4.02. The molecule has 0 bridgehead atoms. The van der Waals surface area contributed by atoms with Gasteiger partial charge in [0.25, 0.3) is 0 Å². The molecule has 1 fully saturated rings. The predicted molar refractivity (Wildman–Crippen MR) is 101 cm³/mol. The zero-order valence-corrected chi connectivity index (χ0v) is 15.2. The molecule has 1 aliphatic rings. The van der Waals surface area contributed by atoms with Gasteiger partial charge in [0.15, 0.2) is 11.5 Å². The molecule has 0 amide bonds. The van der Waals surface area contributed by atoms with Crippen LogP contribution in [0.3, 0.4) is 0 Å². The Hall–Kier alpha value is -3.06. The number of nitrogens with zero attached hydrogens (tertiary/aromatic N) is 4. The van der Waals surface area contributed by atoms with Crippen LogP contribution >= 0.6 is 0 Å². The molecule has 7 heteroatoms. The number of oxazole rings is 1. The minimum Gasteiger partial charge on any atom is -0.440 e. The quantitative estimate of drug-likeness (QED) is 0.524. The zero-order valence-electron chi connectivity index (χ0n) is 15.2. The fraction of sp³-hybridized carbons (Fsp3) is 0.286. The molecule has 0 N–H and O–H groups in total. The molecule has 1 saturated heterocycles. The van der Waals surface area contributed by atoms with Crippen LogP contribution < -0.4 is 0 Å². The Balaban J connectivity index is 1.28. The first kappa shape index (κ1) is 17.1. The van der Waals surface area contributed by atoms with E-state index < -0.39 is 0 Å². The molecule has 0 saturated carbocycles. The topological polar surface area (TPSA) is 68.2 Å². The third-order valence-electron chi connectivity index (χ3n) is 5.09. The van der Waals surface area contributed by atoms with Crippen molar-refractivity contribution in [3.63, 3.8) is 0 Å². The summed E-state index contributed by atoms with van der Waals surface area (Å²) in [6.45, 7) is 2.37. The molecule has 1 atom stereocenters. The highest BCUT2D eigenvalue weighted by Gasteiger charge is 2.26. The number of halogens is 1. The van der Waals surface area contributed by atoms with Crippen molar-refractivity contribution in [1.82, 2.24) is 20.0 Å². The highest BCUT2D eigenvalue weighted by molar-refractivity contribution is 5.72. The predicted octanol–water partition coefficient (Wildman–Crippen LogP) is 4.40. The first-order chi connectivity index (χ1) is 13.7. The SMILES string of the molecule is Fc1ccc(-c2noc(CN3CCCC(c4nc5ccccc5o4)C3)n2)cc1. The molecule has 0 aliphatic carbocycles. The Morgan fingerprint density at radius 2 is 1.93 bits per heavy atom. The molecule has 142 valence electrons. The summed E-state index contributed by atoms with van der Waals surface area (Å²) >= 11 is 0. The van der Waals surface area contributed by atoms with E-state index in [-0.39, 0.29) is 11.7 Å². The summed E-state index contributed by atoms with van der Waals surface area (Å²) in [4.78, 5) is 11.4. The summed E-state index contributed by atoms with van der Waals surface area (Å²) in [6.07, 6.45) is 2.11. The van der Waals surface area contributed by atoms with Gasteiger partial charge in [0.1, 0.15) is 11.3 Å². The second-order valence-corrected chi connectivity index (χ2v) is 7.11. The van der Waals surface area contributed by atoms with Crippen molar-refractivity contribution in [3.05, 3.63) is 66.1 Å². The highest BCUT2D eigenvalue weighted by atomic mass is 19.1. The van der Waals surface area contributed by atoms with Gasteiger partial charge in [-0.2, -0.15) is 4.98 Å². The van der Waals surface area contributed by atoms with Gasteiger partial charge in [0.2, 0.25) is 11.7 Å². The Morgan fingerprint density at radius 1 is 1.07 bits per heavy atom. The van der Waals surface area contributed by atoms with Gasteiger partial charge < -0.3 is 8.94 Å². The van der Waals surface area contributed by atoms with Gasteiger partial charge in [-0.3, -0.25) is 4.90 Å². The molecular weight excluding hydrogens is 359 g/mol. The largest absolute Gasteiger partial charge is 0.440 e. The molecule has 3 heterocycles. The van der Waals surface area contributed by atoms with Gasteiger partial charge in [-0.15, -0.1) is 0 Å². The Bertz CT molecular complexity index is 1060. The maximum atomic E-state index is 13.1. The van der Waals surface area contributed by atoms with Crippen LogP contribution in [-0.2, 0) is 6.54 Å². The number of hydrogen-bond acceptors (Lipinski definition) is 6. The molecule has 4 aromatic rings. The van der Waals surface area contributed by atoms with Crippen molar-refractivity contribution in [3.8, 4) is 11.4 Å². The lowest BCUT2D eigenvalue weighted by molar-refractivity contribution is 0.167. The van der Waals surface area contributed by atoms with Crippen molar-refractivity contribution in [2.24, 2.45) is 0 Å². The van der Waals surface area contributed by atoms with Crippen LogP contribution in [0.15, 0.2) is 57.5 Å². The standard InChI is InChI=1S/C21H19FN4O2/c22-16-9-7-14(8-10-16)20-24-19(28-25-20)13-26-11-3-4-15(12-26)21-23-17-5-1-2-6-18(17)27-21/h1-2,5-10,15H,3-4,11-13H2. The van der Waals surface area contributed by atoms with Crippen LogP contribution in [0.5, 0.6) is 0 Å². The minimum atomic E-state index is -0.286. The van der Waals surface area contributed by atoms with E-state index in [4.69, 9.17) is 8.94 Å². The van der Waals surface area contributed by atoms with Crippen molar-refractivity contribution >= 4 is 11.1 Å². The maximum absolute atomic E-state index is 13.1. The van der Waals surface area contributed by atoms with Crippen LogP contribution in [0.4, 0.5) is 4.39 Å². The van der Waals surface area contributed by atoms with E-state index in [1.54, 1.807) is 12.1 Å². The molecule has 0 spiro atoms. The number of aromatic nitrogens is 3. The monoisotopic (exact) mass is 378 g/mol. The van der Waals surface area contributed by atoms with Gasteiger partial charge in [-0.25, -0.2) is 9.37 Å². The Morgan fingerprint density at radius 3 is 2.79 bits per heavy atom. The summed E-state index contributed by atoms with van der Waals surface area (Å²) in [5.74, 6) is 1.79. The van der Waals surface area contributed by atoms with E-state index in [1.807, 2.05) is 24.3 Å². The number of benzene rings is 2. The number of fused-ring (bicyclic) bond motifs is 1. The molecule has 6 nitrogen and oxygen atoms in total. The lowest BCUT2D eigenvalue weighted by atomic mass is 9.98. The molecule has 1 aliphatic heterocycles. The second-order valence-electron chi connectivity index (χ2n) is 7.11. The lowest BCUT2D eigenvalue weighted by Crippen LogP contribution is -2.34. The molecule has 28 heavy (non-hydrogen) atoms. The van der Waals surface area contributed by atoms with Crippen LogP contribution in [0.2, 0.25) is 0 Å². The summed E-state index contributed by atoms with van der Waals surface area (Å²) in [6, 6.07) is 13.9. The first-order valence-corrected chi connectivity index (χ1v) is 9.41. The van der Waals surface area contributed by atoms with Crippen LogP contribution in [0.25, 0.3) is 22.5 Å². The zero-order chi connectivity index (χ0) is 18.9. The number of rotatable bonds is 4. The number of para-hydroxylation sites is 2. The third-order valence-corrected chi connectivity index (χ3v) is 5.09.